The fourth-order valence-electron chi connectivity index (χ4n) is 1.83. The number of nitrogens with zero attached hydrogens (tertiary/aromatic N) is 3. The molecule has 2 rings (SSSR count). The number of hydrogen-bond donors (Lipinski definition) is 1. The summed E-state index contributed by atoms with van der Waals surface area (Å²) in [5.41, 5.74) is 7.54. The molecule has 2 N–H and O–H groups in total. The fourth-order valence-corrected chi connectivity index (χ4v) is 1.95. The first-order valence-electron chi connectivity index (χ1n) is 6.11. The standard InChI is InChI=1S/C14H17ClN4/c1-10(11-3-5-12(15)6-4-11)19(2)14-9-17-8-13(7-16)18-14/h3-6,8-10H,7,16H2,1-2H3. The van der Waals surface area contributed by atoms with Gasteiger partial charge in [0.25, 0.3) is 0 Å². The Kier molecular flexibility index (Phi) is 4.35. The van der Waals surface area contributed by atoms with Gasteiger partial charge in [-0.05, 0) is 24.6 Å². The zero-order valence-corrected chi connectivity index (χ0v) is 11.8. The molecule has 0 saturated carbocycles. The first-order chi connectivity index (χ1) is 9.11. The molecule has 0 radical (unpaired) electrons. The van der Waals surface area contributed by atoms with E-state index in [9.17, 15) is 0 Å². The number of nitrogens with two attached hydrogens (primary N) is 1. The predicted molar refractivity (Wildman–Crippen MR) is 78.2 cm³/mol. The minimum absolute atomic E-state index is 0.180. The smallest absolute Gasteiger partial charge is 0.147 e. The molecule has 0 saturated heterocycles. The van der Waals surface area contributed by atoms with Gasteiger partial charge < -0.3 is 10.6 Å². The summed E-state index contributed by atoms with van der Waals surface area (Å²) in [5, 5.41) is 0.739. The monoisotopic (exact) mass is 276 g/mol. The van der Waals surface area contributed by atoms with Crippen LogP contribution < -0.4 is 10.6 Å². The Morgan fingerprint density at radius 1 is 1.26 bits per heavy atom. The summed E-state index contributed by atoms with van der Waals surface area (Å²) >= 11 is 5.90. The molecule has 0 aliphatic carbocycles. The lowest BCUT2D eigenvalue weighted by atomic mass is 10.1. The molecular weight excluding hydrogens is 260 g/mol. The number of anilines is 1. The van der Waals surface area contributed by atoms with Crippen LogP contribution in [0.1, 0.15) is 24.2 Å². The van der Waals surface area contributed by atoms with Gasteiger partial charge in [-0.25, -0.2) is 4.98 Å². The summed E-state index contributed by atoms with van der Waals surface area (Å²) in [6, 6.07) is 8.00. The summed E-state index contributed by atoms with van der Waals surface area (Å²) < 4.78 is 0. The Morgan fingerprint density at radius 3 is 2.58 bits per heavy atom. The molecule has 1 aromatic carbocycles. The van der Waals surface area contributed by atoms with Crippen molar-refractivity contribution >= 4 is 17.4 Å². The van der Waals surface area contributed by atoms with Crippen molar-refractivity contribution in [2.75, 3.05) is 11.9 Å². The molecular formula is C14H17ClN4. The summed E-state index contributed by atoms with van der Waals surface area (Å²) in [6.07, 6.45) is 3.43. The van der Waals surface area contributed by atoms with Crippen molar-refractivity contribution in [2.45, 2.75) is 19.5 Å². The van der Waals surface area contributed by atoms with Gasteiger partial charge >= 0.3 is 0 Å². The first-order valence-corrected chi connectivity index (χ1v) is 6.49. The molecule has 0 aliphatic heterocycles. The molecule has 4 nitrogen and oxygen atoms in total. The van der Waals surface area contributed by atoms with Crippen molar-refractivity contribution in [3.63, 3.8) is 0 Å². The number of aromatic nitrogens is 2. The Balaban J connectivity index is 2.22. The van der Waals surface area contributed by atoms with Crippen LogP contribution >= 0.6 is 11.6 Å². The number of rotatable bonds is 4. The van der Waals surface area contributed by atoms with E-state index in [1.807, 2.05) is 31.3 Å². The van der Waals surface area contributed by atoms with E-state index < -0.39 is 0 Å². The maximum atomic E-state index is 5.90. The SMILES string of the molecule is CC(c1ccc(Cl)cc1)N(C)c1cncc(CN)n1. The van der Waals surface area contributed by atoms with Gasteiger partial charge in [-0.1, -0.05) is 23.7 Å². The van der Waals surface area contributed by atoms with E-state index in [1.165, 1.54) is 5.56 Å². The van der Waals surface area contributed by atoms with Crippen LogP contribution in [-0.2, 0) is 6.54 Å². The molecule has 19 heavy (non-hydrogen) atoms. The molecule has 1 atom stereocenters. The van der Waals surface area contributed by atoms with Crippen LogP contribution in [0.4, 0.5) is 5.82 Å². The van der Waals surface area contributed by atoms with Crippen LogP contribution in [0, 0.1) is 0 Å². The highest BCUT2D eigenvalue weighted by Crippen LogP contribution is 2.24. The summed E-state index contributed by atoms with van der Waals surface area (Å²) in [6.45, 7) is 2.50. The van der Waals surface area contributed by atoms with Crippen molar-refractivity contribution < 1.29 is 0 Å². The average molecular weight is 277 g/mol. The minimum Gasteiger partial charge on any atom is -0.352 e. The van der Waals surface area contributed by atoms with E-state index in [1.54, 1.807) is 12.4 Å². The summed E-state index contributed by atoms with van der Waals surface area (Å²) in [5.74, 6) is 0.811. The van der Waals surface area contributed by atoms with E-state index in [0.717, 1.165) is 16.5 Å². The van der Waals surface area contributed by atoms with Crippen LogP contribution in [0.5, 0.6) is 0 Å². The lowest BCUT2D eigenvalue weighted by molar-refractivity contribution is 0.722. The Bertz CT molecular complexity index is 541. The average Bonchev–Trinajstić information content (AvgIpc) is 2.46. The molecule has 0 spiro atoms. The van der Waals surface area contributed by atoms with Gasteiger partial charge in [-0.2, -0.15) is 0 Å². The second-order valence-electron chi connectivity index (χ2n) is 4.41. The van der Waals surface area contributed by atoms with Gasteiger partial charge in [0.15, 0.2) is 0 Å². The van der Waals surface area contributed by atoms with Crippen LogP contribution in [0.3, 0.4) is 0 Å². The maximum Gasteiger partial charge on any atom is 0.147 e. The highest BCUT2D eigenvalue weighted by atomic mass is 35.5. The van der Waals surface area contributed by atoms with Crippen molar-refractivity contribution in [2.24, 2.45) is 5.73 Å². The molecule has 2 aromatic rings. The highest BCUT2D eigenvalue weighted by Gasteiger charge is 2.13. The fraction of sp³-hybridized carbons (Fsp3) is 0.286. The summed E-state index contributed by atoms with van der Waals surface area (Å²) in [4.78, 5) is 10.7. The molecule has 1 unspecified atom stereocenters. The van der Waals surface area contributed by atoms with Gasteiger partial charge in [-0.3, -0.25) is 4.98 Å². The van der Waals surface area contributed by atoms with E-state index in [-0.39, 0.29) is 6.04 Å². The molecule has 100 valence electrons. The van der Waals surface area contributed by atoms with E-state index in [4.69, 9.17) is 17.3 Å². The second-order valence-corrected chi connectivity index (χ2v) is 4.85. The van der Waals surface area contributed by atoms with Gasteiger partial charge in [0.2, 0.25) is 0 Å². The second kappa shape index (κ2) is 5.99. The number of halogens is 1. The van der Waals surface area contributed by atoms with Crippen molar-refractivity contribution in [1.82, 2.24) is 9.97 Å². The lowest BCUT2D eigenvalue weighted by Gasteiger charge is -2.26. The zero-order chi connectivity index (χ0) is 13.8. The lowest BCUT2D eigenvalue weighted by Crippen LogP contribution is -2.23. The van der Waals surface area contributed by atoms with E-state index in [2.05, 4.69) is 21.8 Å². The molecule has 1 aromatic heterocycles. The third-order valence-electron chi connectivity index (χ3n) is 3.18. The quantitative estimate of drug-likeness (QED) is 0.933. The predicted octanol–water partition coefficient (Wildman–Crippen LogP) is 2.79. The van der Waals surface area contributed by atoms with Crippen molar-refractivity contribution in [1.29, 1.82) is 0 Å². The van der Waals surface area contributed by atoms with Crippen molar-refractivity contribution in [3.05, 3.63) is 52.9 Å². The van der Waals surface area contributed by atoms with Crippen LogP contribution in [0.15, 0.2) is 36.7 Å². The summed E-state index contributed by atoms with van der Waals surface area (Å²) in [7, 11) is 1.99. The van der Waals surface area contributed by atoms with Crippen LogP contribution in [0.25, 0.3) is 0 Å². The highest BCUT2D eigenvalue weighted by molar-refractivity contribution is 6.30. The van der Waals surface area contributed by atoms with Gasteiger partial charge in [-0.15, -0.1) is 0 Å². The van der Waals surface area contributed by atoms with Crippen molar-refractivity contribution in [3.8, 4) is 0 Å². The topological polar surface area (TPSA) is 55.0 Å². The first kappa shape index (κ1) is 13.8. The Labute approximate surface area is 118 Å². The molecule has 0 bridgehead atoms. The van der Waals surface area contributed by atoms with Crippen LogP contribution in [-0.4, -0.2) is 17.0 Å². The normalized spacial score (nSPS) is 12.2. The third kappa shape index (κ3) is 3.22. The number of benzene rings is 1. The molecule has 0 aliphatic rings. The molecule has 0 fully saturated rings. The Hall–Kier alpha value is -1.65. The molecule has 5 heteroatoms. The maximum absolute atomic E-state index is 5.90. The van der Waals surface area contributed by atoms with E-state index >= 15 is 0 Å². The van der Waals surface area contributed by atoms with Gasteiger partial charge in [0.05, 0.1) is 17.9 Å². The van der Waals surface area contributed by atoms with Gasteiger partial charge in [0, 0.05) is 24.8 Å². The molecule has 0 amide bonds. The number of hydrogen-bond acceptors (Lipinski definition) is 4. The van der Waals surface area contributed by atoms with Crippen LogP contribution in [0.2, 0.25) is 5.02 Å². The Morgan fingerprint density at radius 2 is 1.95 bits per heavy atom. The largest absolute Gasteiger partial charge is 0.352 e. The molecule has 1 heterocycles. The minimum atomic E-state index is 0.180. The third-order valence-corrected chi connectivity index (χ3v) is 3.43. The van der Waals surface area contributed by atoms with Gasteiger partial charge in [0.1, 0.15) is 5.82 Å². The zero-order valence-electron chi connectivity index (χ0n) is 11.0. The van der Waals surface area contributed by atoms with E-state index in [0.29, 0.717) is 6.54 Å².